The lowest BCUT2D eigenvalue weighted by molar-refractivity contribution is 0.624. The molecule has 100 valence electrons. The number of rotatable bonds is 2. The van der Waals surface area contributed by atoms with Crippen LogP contribution in [0.5, 0.6) is 0 Å². The van der Waals surface area contributed by atoms with Gasteiger partial charge < -0.3 is 4.90 Å². The minimum absolute atomic E-state index is 0.561. The highest BCUT2D eigenvalue weighted by atomic mass is 32.9. The van der Waals surface area contributed by atoms with E-state index in [0.29, 0.717) is 5.11 Å². The molecule has 0 aliphatic heterocycles. The van der Waals surface area contributed by atoms with E-state index < -0.39 is 0 Å². The Bertz CT molecular complexity index is 679. The van der Waals surface area contributed by atoms with Gasteiger partial charge in [0.25, 0.3) is 0 Å². The van der Waals surface area contributed by atoms with Gasteiger partial charge >= 0.3 is 0 Å². The second kappa shape index (κ2) is 6.51. The van der Waals surface area contributed by atoms with E-state index in [-0.39, 0.29) is 0 Å². The Morgan fingerprint density at radius 3 is 2.58 bits per heavy atom. The summed E-state index contributed by atoms with van der Waals surface area (Å²) in [5.41, 5.74) is 1.21. The van der Waals surface area contributed by atoms with Crippen molar-refractivity contribution in [2.24, 2.45) is 4.99 Å². The molecule has 19 heavy (non-hydrogen) atoms. The van der Waals surface area contributed by atoms with Crippen LogP contribution in [0, 0.1) is 3.95 Å². The van der Waals surface area contributed by atoms with Gasteiger partial charge in [-0.2, -0.15) is 4.99 Å². The average molecular weight is 328 g/mol. The zero-order valence-corrected chi connectivity index (χ0v) is 13.8. The van der Waals surface area contributed by atoms with Gasteiger partial charge in [0.2, 0.25) is 4.80 Å². The van der Waals surface area contributed by atoms with Gasteiger partial charge in [-0.1, -0.05) is 30.3 Å². The third-order valence-electron chi connectivity index (χ3n) is 2.40. The van der Waals surface area contributed by atoms with Crippen molar-refractivity contribution in [3.63, 3.8) is 0 Å². The minimum atomic E-state index is 0.561. The van der Waals surface area contributed by atoms with E-state index in [4.69, 9.17) is 24.4 Å². The van der Waals surface area contributed by atoms with E-state index in [2.05, 4.69) is 17.1 Å². The number of benzene rings is 1. The van der Waals surface area contributed by atoms with Crippen LogP contribution in [-0.4, -0.2) is 28.7 Å². The molecule has 0 atom stereocenters. The molecule has 1 aromatic carbocycles. The highest BCUT2D eigenvalue weighted by molar-refractivity contribution is 7.80. The van der Waals surface area contributed by atoms with E-state index in [1.807, 2.05) is 41.8 Å². The van der Waals surface area contributed by atoms with Crippen molar-refractivity contribution in [1.82, 2.24) is 9.47 Å². The Morgan fingerprint density at radius 2 is 1.95 bits per heavy atom. The maximum Gasteiger partial charge on any atom is 0.204 e. The Hall–Kier alpha value is -0.890. The summed E-state index contributed by atoms with van der Waals surface area (Å²) >= 11 is 10.6. The molecule has 1 heterocycles. The SMILES string of the molecule is CN(C)C(=S)N=c1ssc(=S)n1Cc1ccccc1. The average Bonchev–Trinajstić information content (AvgIpc) is 2.72. The summed E-state index contributed by atoms with van der Waals surface area (Å²) in [5, 5.41) is 0.561. The van der Waals surface area contributed by atoms with Crippen LogP contribution in [0.25, 0.3) is 0 Å². The summed E-state index contributed by atoms with van der Waals surface area (Å²) in [6, 6.07) is 10.2. The Kier molecular flexibility index (Phi) is 4.98. The molecule has 0 unspecified atom stereocenters. The first-order valence-electron chi connectivity index (χ1n) is 5.58. The van der Waals surface area contributed by atoms with Crippen LogP contribution in [0.15, 0.2) is 35.3 Å². The fourth-order valence-corrected chi connectivity index (χ4v) is 3.96. The molecule has 0 saturated heterocycles. The maximum absolute atomic E-state index is 5.37. The van der Waals surface area contributed by atoms with Crippen LogP contribution >= 0.6 is 45.1 Å². The summed E-state index contributed by atoms with van der Waals surface area (Å²) in [7, 11) is 6.89. The highest BCUT2D eigenvalue weighted by Gasteiger charge is 2.03. The van der Waals surface area contributed by atoms with Crippen molar-refractivity contribution in [3.8, 4) is 0 Å². The smallest absolute Gasteiger partial charge is 0.204 e. The zero-order valence-electron chi connectivity index (χ0n) is 10.6. The first-order chi connectivity index (χ1) is 9.08. The molecule has 0 amide bonds. The third kappa shape index (κ3) is 3.79. The molecule has 3 nitrogen and oxygen atoms in total. The van der Waals surface area contributed by atoms with Crippen LogP contribution in [-0.2, 0) is 6.54 Å². The molecule has 0 aliphatic carbocycles. The lowest BCUT2D eigenvalue weighted by Gasteiger charge is -2.08. The molecule has 2 rings (SSSR count). The lowest BCUT2D eigenvalue weighted by Crippen LogP contribution is -2.23. The largest absolute Gasteiger partial charge is 0.353 e. The molecule has 0 spiro atoms. The van der Waals surface area contributed by atoms with Gasteiger partial charge in [0.15, 0.2) is 9.07 Å². The van der Waals surface area contributed by atoms with Gasteiger partial charge in [-0.05, 0) is 50.7 Å². The lowest BCUT2D eigenvalue weighted by atomic mass is 10.2. The monoisotopic (exact) mass is 327 g/mol. The quantitative estimate of drug-likeness (QED) is 0.624. The molecular weight excluding hydrogens is 314 g/mol. The molecule has 0 bridgehead atoms. The molecule has 0 radical (unpaired) electrons. The van der Waals surface area contributed by atoms with Gasteiger partial charge in [0, 0.05) is 14.1 Å². The summed E-state index contributed by atoms with van der Waals surface area (Å²) in [6.07, 6.45) is 0. The maximum atomic E-state index is 5.37. The molecule has 0 aliphatic rings. The van der Waals surface area contributed by atoms with Crippen molar-refractivity contribution in [3.05, 3.63) is 44.7 Å². The number of aromatic nitrogens is 1. The van der Waals surface area contributed by atoms with E-state index in [1.54, 1.807) is 20.7 Å². The molecular formula is C12H13N3S4. The summed E-state index contributed by atoms with van der Waals surface area (Å²) in [5.74, 6) is 0. The van der Waals surface area contributed by atoms with Crippen LogP contribution in [0.4, 0.5) is 0 Å². The first-order valence-corrected chi connectivity index (χ1v) is 8.54. The minimum Gasteiger partial charge on any atom is -0.353 e. The summed E-state index contributed by atoms with van der Waals surface area (Å²) < 4.78 is 2.85. The van der Waals surface area contributed by atoms with Crippen LogP contribution in [0.1, 0.15) is 5.56 Å². The van der Waals surface area contributed by atoms with E-state index in [0.717, 1.165) is 15.3 Å². The topological polar surface area (TPSA) is 20.5 Å². The number of nitrogens with zero attached hydrogens (tertiary/aromatic N) is 3. The summed E-state index contributed by atoms with van der Waals surface area (Å²) in [4.78, 5) is 7.13. The second-order valence-corrected chi connectivity index (χ2v) is 7.17. The molecule has 0 N–H and O–H groups in total. The van der Waals surface area contributed by atoms with E-state index in [9.17, 15) is 0 Å². The Balaban J connectivity index is 2.39. The predicted octanol–water partition coefficient (Wildman–Crippen LogP) is 3.14. The van der Waals surface area contributed by atoms with Crippen molar-refractivity contribution >= 4 is 50.2 Å². The highest BCUT2D eigenvalue weighted by Crippen LogP contribution is 2.08. The molecule has 0 fully saturated rings. The number of hydrogen-bond donors (Lipinski definition) is 0. The Morgan fingerprint density at radius 1 is 1.26 bits per heavy atom. The molecule has 7 heteroatoms. The van der Waals surface area contributed by atoms with Crippen molar-refractivity contribution in [2.75, 3.05) is 14.1 Å². The molecule has 2 aromatic rings. The number of thiocarbonyl (C=S) groups is 1. The summed E-state index contributed by atoms with van der Waals surface area (Å²) in [6.45, 7) is 0.731. The molecule has 0 saturated carbocycles. The van der Waals surface area contributed by atoms with E-state index >= 15 is 0 Å². The standard InChI is InChI=1S/C12H13N3S4/c1-14(2)10(16)13-11-15(12(17)19-18-11)8-9-6-4-3-5-7-9/h3-7H,8H2,1-2H3. The van der Waals surface area contributed by atoms with Crippen LogP contribution in [0.3, 0.4) is 0 Å². The van der Waals surface area contributed by atoms with E-state index in [1.165, 1.54) is 5.56 Å². The van der Waals surface area contributed by atoms with Gasteiger partial charge in [0.05, 0.1) is 6.54 Å². The fraction of sp³-hybridized carbons (Fsp3) is 0.250. The van der Waals surface area contributed by atoms with Crippen LogP contribution in [0.2, 0.25) is 0 Å². The van der Waals surface area contributed by atoms with Crippen molar-refractivity contribution < 1.29 is 0 Å². The van der Waals surface area contributed by atoms with Gasteiger partial charge in [0.1, 0.15) is 0 Å². The normalized spacial score (nSPS) is 11.6. The zero-order chi connectivity index (χ0) is 13.8. The first kappa shape index (κ1) is 14.5. The number of hydrogen-bond acceptors (Lipinski definition) is 4. The predicted molar refractivity (Wildman–Crippen MR) is 88.4 cm³/mol. The Labute approximate surface area is 129 Å². The van der Waals surface area contributed by atoms with Gasteiger partial charge in [-0.3, -0.25) is 4.57 Å². The molecule has 1 aromatic heterocycles. The van der Waals surface area contributed by atoms with Crippen molar-refractivity contribution in [2.45, 2.75) is 6.54 Å². The fourth-order valence-electron chi connectivity index (χ4n) is 1.40. The van der Waals surface area contributed by atoms with Crippen molar-refractivity contribution in [1.29, 1.82) is 0 Å². The van der Waals surface area contributed by atoms with Gasteiger partial charge in [-0.15, -0.1) is 0 Å². The van der Waals surface area contributed by atoms with Crippen LogP contribution < -0.4 is 4.80 Å². The third-order valence-corrected chi connectivity index (χ3v) is 5.72. The van der Waals surface area contributed by atoms with Gasteiger partial charge in [-0.25, -0.2) is 0 Å². The second-order valence-electron chi connectivity index (χ2n) is 4.08.